The molecule has 3 nitrogen and oxygen atoms in total. The summed E-state index contributed by atoms with van der Waals surface area (Å²) in [6.07, 6.45) is 6.55. The van der Waals surface area contributed by atoms with E-state index in [0.717, 1.165) is 5.92 Å². The van der Waals surface area contributed by atoms with Crippen molar-refractivity contribution in [3.8, 4) is 0 Å². The third-order valence-electron chi connectivity index (χ3n) is 3.91. The van der Waals surface area contributed by atoms with E-state index in [1.807, 2.05) is 0 Å². The molecule has 1 aliphatic heterocycles. The summed E-state index contributed by atoms with van der Waals surface area (Å²) in [6, 6.07) is 0.649. The highest BCUT2D eigenvalue weighted by molar-refractivity contribution is 5.81. The fourth-order valence-electron chi connectivity index (χ4n) is 3.10. The Morgan fingerprint density at radius 3 is 2.93 bits per heavy atom. The number of rotatable bonds is 2. The maximum atomic E-state index is 11.4. The minimum absolute atomic E-state index is 0.139. The molecule has 1 saturated carbocycles. The van der Waals surface area contributed by atoms with Gasteiger partial charge in [-0.3, -0.25) is 4.79 Å². The molecule has 1 amide bonds. The predicted octanol–water partition coefficient (Wildman–Crippen LogP) is 1.17. The van der Waals surface area contributed by atoms with Gasteiger partial charge >= 0.3 is 0 Å². The third-order valence-corrected chi connectivity index (χ3v) is 3.91. The molecule has 0 aromatic carbocycles. The number of hydrogen-bond donors (Lipinski definition) is 1. The Balaban J connectivity index is 2.08. The lowest BCUT2D eigenvalue weighted by molar-refractivity contribution is -0.556. The van der Waals surface area contributed by atoms with Gasteiger partial charge in [0.15, 0.2) is 6.04 Å². The van der Waals surface area contributed by atoms with Gasteiger partial charge in [0, 0.05) is 32.7 Å². The van der Waals surface area contributed by atoms with E-state index in [1.54, 1.807) is 7.05 Å². The number of fused-ring (bicyclic) bond motifs is 1. The van der Waals surface area contributed by atoms with Crippen LogP contribution in [0, 0.1) is 5.92 Å². The number of likely N-dealkylation sites (N-methyl/N-ethyl adjacent to an activating group) is 1. The smallest absolute Gasteiger partial charge is 0.285 e. The number of carbonyl (C=O) groups is 1. The number of nitrogens with one attached hydrogen (secondary N) is 1. The fourth-order valence-corrected chi connectivity index (χ4v) is 3.10. The average Bonchev–Trinajstić information content (AvgIpc) is 2.55. The molecule has 0 bridgehead atoms. The molecule has 2 unspecified atom stereocenters. The van der Waals surface area contributed by atoms with Crippen LogP contribution >= 0.6 is 0 Å². The second-order valence-corrected chi connectivity index (χ2v) is 4.85. The van der Waals surface area contributed by atoms with Gasteiger partial charge in [-0.15, -0.1) is 0 Å². The van der Waals surface area contributed by atoms with E-state index in [0.29, 0.717) is 12.6 Å². The summed E-state index contributed by atoms with van der Waals surface area (Å²) in [5.74, 6) is 0.962. The lowest BCUT2D eigenvalue weighted by Gasteiger charge is -2.22. The van der Waals surface area contributed by atoms with Gasteiger partial charge in [-0.2, -0.15) is 0 Å². The summed E-state index contributed by atoms with van der Waals surface area (Å²) in [4.78, 5) is 11.4. The van der Waals surface area contributed by atoms with Crippen molar-refractivity contribution in [3.63, 3.8) is 0 Å². The molecule has 2 aliphatic rings. The van der Waals surface area contributed by atoms with Crippen molar-refractivity contribution in [1.82, 2.24) is 5.32 Å². The van der Waals surface area contributed by atoms with Gasteiger partial charge in [0.2, 0.25) is 6.54 Å². The molecule has 2 atom stereocenters. The average molecular weight is 209 g/mol. The standard InChI is InChI=1S/C12H20N2O/c1-9-7-10-5-3-4-6-11(10)14(9)8-12(15)13-2/h10-11H,3-8H2,1-2H3/p+1. The maximum absolute atomic E-state index is 11.4. The first-order valence-electron chi connectivity index (χ1n) is 6.02. The molecule has 3 heteroatoms. The second-order valence-electron chi connectivity index (χ2n) is 4.85. The van der Waals surface area contributed by atoms with Crippen LogP contribution in [0.1, 0.15) is 39.0 Å². The second kappa shape index (κ2) is 4.33. The highest BCUT2D eigenvalue weighted by Gasteiger charge is 2.41. The normalized spacial score (nSPS) is 30.3. The molecule has 1 heterocycles. The largest absolute Gasteiger partial charge is 0.354 e. The van der Waals surface area contributed by atoms with Crippen LogP contribution in [0.3, 0.4) is 0 Å². The summed E-state index contributed by atoms with van der Waals surface area (Å²) < 4.78 is 2.34. The molecule has 15 heavy (non-hydrogen) atoms. The molecule has 0 aromatic rings. The molecule has 1 N–H and O–H groups in total. The van der Waals surface area contributed by atoms with Crippen molar-refractivity contribution in [2.45, 2.75) is 45.1 Å². The van der Waals surface area contributed by atoms with E-state index in [1.165, 1.54) is 37.8 Å². The van der Waals surface area contributed by atoms with E-state index in [-0.39, 0.29) is 5.91 Å². The van der Waals surface area contributed by atoms with Crippen LogP contribution in [0.5, 0.6) is 0 Å². The summed E-state index contributed by atoms with van der Waals surface area (Å²) in [6.45, 7) is 2.74. The van der Waals surface area contributed by atoms with E-state index >= 15 is 0 Å². The zero-order valence-electron chi connectivity index (χ0n) is 9.75. The van der Waals surface area contributed by atoms with Gasteiger partial charge in [-0.05, 0) is 12.8 Å². The Morgan fingerprint density at radius 2 is 2.20 bits per heavy atom. The molecule has 0 radical (unpaired) electrons. The zero-order chi connectivity index (χ0) is 10.8. The highest BCUT2D eigenvalue weighted by atomic mass is 16.1. The third kappa shape index (κ3) is 2.06. The molecule has 2 rings (SSSR count). The van der Waals surface area contributed by atoms with Crippen molar-refractivity contribution in [1.29, 1.82) is 0 Å². The van der Waals surface area contributed by atoms with E-state index in [4.69, 9.17) is 0 Å². The van der Waals surface area contributed by atoms with Crippen LogP contribution in [0.15, 0.2) is 0 Å². The highest BCUT2D eigenvalue weighted by Crippen LogP contribution is 2.33. The fraction of sp³-hybridized carbons (Fsp3) is 0.833. The Morgan fingerprint density at radius 1 is 1.47 bits per heavy atom. The molecule has 1 fully saturated rings. The van der Waals surface area contributed by atoms with Crippen LogP contribution in [-0.2, 0) is 4.79 Å². The SMILES string of the molecule is CNC(=O)C[N+]1=C(C)CC2CCCCC21. The Labute approximate surface area is 91.6 Å². The Bertz CT molecular complexity index is 296. The first-order valence-corrected chi connectivity index (χ1v) is 6.02. The maximum Gasteiger partial charge on any atom is 0.285 e. The Hall–Kier alpha value is -0.860. The molecule has 0 saturated heterocycles. The van der Waals surface area contributed by atoms with Crippen molar-refractivity contribution in [2.75, 3.05) is 13.6 Å². The summed E-state index contributed by atoms with van der Waals surface area (Å²) >= 11 is 0. The quantitative estimate of drug-likeness (QED) is 0.680. The molecule has 1 aliphatic carbocycles. The van der Waals surface area contributed by atoms with Crippen LogP contribution < -0.4 is 5.32 Å². The van der Waals surface area contributed by atoms with E-state index < -0.39 is 0 Å². The molecule has 84 valence electrons. The van der Waals surface area contributed by atoms with Gasteiger partial charge < -0.3 is 5.32 Å². The lowest BCUT2D eigenvalue weighted by atomic mass is 9.84. The molecular weight excluding hydrogens is 188 g/mol. The van der Waals surface area contributed by atoms with Crippen LogP contribution in [0.4, 0.5) is 0 Å². The first kappa shape index (κ1) is 10.7. The number of amides is 1. The van der Waals surface area contributed by atoms with Crippen molar-refractivity contribution in [2.24, 2.45) is 5.92 Å². The van der Waals surface area contributed by atoms with Gasteiger partial charge in [-0.25, -0.2) is 4.58 Å². The molecular formula is C12H21N2O+. The summed E-state index contributed by atoms with van der Waals surface area (Å²) in [5.41, 5.74) is 1.41. The van der Waals surface area contributed by atoms with Gasteiger partial charge in [-0.1, -0.05) is 6.42 Å². The van der Waals surface area contributed by atoms with Crippen LogP contribution in [0.2, 0.25) is 0 Å². The van der Waals surface area contributed by atoms with Crippen molar-refractivity contribution < 1.29 is 9.37 Å². The minimum atomic E-state index is 0.139. The topological polar surface area (TPSA) is 32.1 Å². The summed E-state index contributed by atoms with van der Waals surface area (Å²) in [7, 11) is 1.71. The predicted molar refractivity (Wildman–Crippen MR) is 60.2 cm³/mol. The van der Waals surface area contributed by atoms with Gasteiger partial charge in [0.1, 0.15) is 5.71 Å². The molecule has 0 spiro atoms. The van der Waals surface area contributed by atoms with Crippen molar-refractivity contribution in [3.05, 3.63) is 0 Å². The van der Waals surface area contributed by atoms with E-state index in [9.17, 15) is 4.79 Å². The van der Waals surface area contributed by atoms with Gasteiger partial charge in [0.25, 0.3) is 5.91 Å². The zero-order valence-corrected chi connectivity index (χ0v) is 9.75. The number of hydrogen-bond acceptors (Lipinski definition) is 1. The first-order chi connectivity index (χ1) is 7.22. The van der Waals surface area contributed by atoms with Crippen LogP contribution in [0.25, 0.3) is 0 Å². The van der Waals surface area contributed by atoms with Crippen LogP contribution in [-0.4, -0.2) is 35.8 Å². The Kier molecular flexibility index (Phi) is 3.08. The minimum Gasteiger partial charge on any atom is -0.354 e. The summed E-state index contributed by atoms with van der Waals surface area (Å²) in [5, 5.41) is 2.71. The van der Waals surface area contributed by atoms with Gasteiger partial charge in [0.05, 0.1) is 0 Å². The number of carbonyl (C=O) groups excluding carboxylic acids is 1. The molecule has 0 aromatic heterocycles. The monoisotopic (exact) mass is 209 g/mol. The van der Waals surface area contributed by atoms with Crippen molar-refractivity contribution >= 4 is 11.6 Å². The van der Waals surface area contributed by atoms with E-state index in [2.05, 4.69) is 16.8 Å². The lowest BCUT2D eigenvalue weighted by Crippen LogP contribution is -2.37. The number of nitrogens with zero attached hydrogens (tertiary/aromatic N) is 1.